The van der Waals surface area contributed by atoms with Gasteiger partial charge in [-0.3, -0.25) is 4.79 Å². The second-order valence-electron chi connectivity index (χ2n) is 8.15. The van der Waals surface area contributed by atoms with E-state index in [0.717, 1.165) is 5.56 Å². The van der Waals surface area contributed by atoms with Crippen molar-refractivity contribution in [1.29, 1.82) is 0 Å². The molecule has 0 saturated carbocycles. The predicted molar refractivity (Wildman–Crippen MR) is 120 cm³/mol. The van der Waals surface area contributed by atoms with Gasteiger partial charge < -0.3 is 24.6 Å². The van der Waals surface area contributed by atoms with Gasteiger partial charge in [0.05, 0.1) is 12.7 Å². The van der Waals surface area contributed by atoms with Crippen LogP contribution < -0.4 is 10.1 Å². The van der Waals surface area contributed by atoms with Gasteiger partial charge in [-0.1, -0.05) is 30.3 Å². The summed E-state index contributed by atoms with van der Waals surface area (Å²) in [6, 6.07) is 10.4. The fraction of sp³-hybridized carbons (Fsp3) is 0.458. The molecule has 2 rings (SSSR count). The van der Waals surface area contributed by atoms with E-state index in [1.54, 1.807) is 7.11 Å². The summed E-state index contributed by atoms with van der Waals surface area (Å²) < 4.78 is 16.4. The zero-order valence-electron chi connectivity index (χ0n) is 19.4. The van der Waals surface area contributed by atoms with E-state index in [4.69, 9.17) is 14.2 Å². The van der Waals surface area contributed by atoms with Crippen LogP contribution in [0.4, 0.5) is 0 Å². The van der Waals surface area contributed by atoms with Gasteiger partial charge >= 0.3 is 5.97 Å². The number of pyridine rings is 1. The Bertz CT molecular complexity index is 916. The van der Waals surface area contributed by atoms with Crippen molar-refractivity contribution in [3.05, 3.63) is 53.9 Å². The summed E-state index contributed by atoms with van der Waals surface area (Å²) in [5.74, 6) is -1.73. The average Bonchev–Trinajstić information content (AvgIpc) is 2.77. The number of nitrogens with zero attached hydrogens (tertiary/aromatic N) is 1. The third-order valence-electron chi connectivity index (χ3n) is 5.61. The Labute approximate surface area is 188 Å². The molecule has 0 fully saturated rings. The Morgan fingerprint density at radius 3 is 2.38 bits per heavy atom. The maximum atomic E-state index is 12.7. The molecule has 0 unspecified atom stereocenters. The number of nitrogens with one attached hydrogen (secondary N) is 1. The third-order valence-corrected chi connectivity index (χ3v) is 5.61. The number of hydrogen-bond donors (Lipinski definition) is 2. The molecule has 1 amide bonds. The molecular formula is C24H32N2O6. The van der Waals surface area contributed by atoms with E-state index in [1.807, 2.05) is 51.1 Å². The van der Waals surface area contributed by atoms with Gasteiger partial charge in [0.15, 0.2) is 17.2 Å². The van der Waals surface area contributed by atoms with Crippen LogP contribution in [-0.4, -0.2) is 53.9 Å². The molecule has 32 heavy (non-hydrogen) atoms. The first-order valence-corrected chi connectivity index (χ1v) is 10.4. The SMILES string of the molecule is COc1ccnc(C(=O)N[C@@H](C)C(=O)O[C@@H](C)[C@H](Cc2ccccc2)C(C)(C)OC)c1O. The van der Waals surface area contributed by atoms with Crippen molar-refractivity contribution in [3.63, 3.8) is 0 Å². The van der Waals surface area contributed by atoms with Crippen molar-refractivity contribution in [2.24, 2.45) is 5.92 Å². The highest BCUT2D eigenvalue weighted by Gasteiger charge is 2.36. The number of ether oxygens (including phenoxy) is 3. The van der Waals surface area contributed by atoms with Crippen molar-refractivity contribution in [2.45, 2.75) is 51.9 Å². The molecule has 8 nitrogen and oxygen atoms in total. The minimum absolute atomic E-state index is 0.111. The Morgan fingerprint density at radius 2 is 1.78 bits per heavy atom. The summed E-state index contributed by atoms with van der Waals surface area (Å²) >= 11 is 0. The van der Waals surface area contributed by atoms with E-state index < -0.39 is 35.4 Å². The van der Waals surface area contributed by atoms with Crippen LogP contribution in [0, 0.1) is 5.92 Å². The van der Waals surface area contributed by atoms with Crippen molar-refractivity contribution >= 4 is 11.9 Å². The normalized spacial score (nSPS) is 14.2. The number of aromatic hydroxyl groups is 1. The van der Waals surface area contributed by atoms with Gasteiger partial charge in [-0.15, -0.1) is 0 Å². The molecule has 2 aromatic rings. The standard InChI is InChI=1S/C24H32N2O6/c1-15(26-22(28)20-21(27)19(30-5)12-13-25-20)23(29)32-16(2)18(24(3,4)31-6)14-17-10-8-7-9-11-17/h7-13,15-16,18,27H,14H2,1-6H3,(H,26,28)/t15-,16-,18-/m0/s1. The number of esters is 1. The van der Waals surface area contributed by atoms with Gasteiger partial charge in [-0.05, 0) is 39.7 Å². The summed E-state index contributed by atoms with van der Waals surface area (Å²) in [5.41, 5.74) is 0.309. The molecule has 0 bridgehead atoms. The second-order valence-corrected chi connectivity index (χ2v) is 8.15. The summed E-state index contributed by atoms with van der Waals surface area (Å²) in [4.78, 5) is 29.1. The van der Waals surface area contributed by atoms with Gasteiger partial charge in [0.2, 0.25) is 0 Å². The molecule has 2 N–H and O–H groups in total. The highest BCUT2D eigenvalue weighted by atomic mass is 16.5. The summed E-state index contributed by atoms with van der Waals surface area (Å²) in [6.45, 7) is 7.23. The van der Waals surface area contributed by atoms with Crippen LogP contribution in [0.15, 0.2) is 42.6 Å². The topological polar surface area (TPSA) is 107 Å². The first-order chi connectivity index (χ1) is 15.1. The molecule has 0 spiro atoms. The number of aromatic nitrogens is 1. The maximum absolute atomic E-state index is 12.7. The minimum atomic E-state index is -0.958. The molecule has 1 aromatic carbocycles. The summed E-state index contributed by atoms with van der Waals surface area (Å²) in [6.07, 6.45) is 1.50. The zero-order valence-corrected chi connectivity index (χ0v) is 19.4. The predicted octanol–water partition coefficient (Wildman–Crippen LogP) is 3.13. The maximum Gasteiger partial charge on any atom is 0.328 e. The molecule has 1 aromatic heterocycles. The van der Waals surface area contributed by atoms with E-state index in [1.165, 1.54) is 26.3 Å². The number of amides is 1. The van der Waals surface area contributed by atoms with Crippen LogP contribution in [-0.2, 0) is 20.7 Å². The fourth-order valence-corrected chi connectivity index (χ4v) is 3.45. The van der Waals surface area contributed by atoms with Crippen LogP contribution in [0.25, 0.3) is 0 Å². The highest BCUT2D eigenvalue weighted by molar-refractivity contribution is 5.97. The number of rotatable bonds is 10. The lowest BCUT2D eigenvalue weighted by molar-refractivity contribution is -0.159. The molecule has 174 valence electrons. The van der Waals surface area contributed by atoms with E-state index in [2.05, 4.69) is 10.3 Å². The molecule has 8 heteroatoms. The fourth-order valence-electron chi connectivity index (χ4n) is 3.45. The quantitative estimate of drug-likeness (QED) is 0.542. The number of carbonyl (C=O) groups is 2. The lowest BCUT2D eigenvalue weighted by atomic mass is 9.81. The lowest BCUT2D eigenvalue weighted by Gasteiger charge is -2.37. The summed E-state index contributed by atoms with van der Waals surface area (Å²) in [7, 11) is 2.99. The monoisotopic (exact) mass is 444 g/mol. The Hall–Kier alpha value is -3.13. The Morgan fingerprint density at radius 1 is 1.12 bits per heavy atom. The van der Waals surface area contributed by atoms with Gasteiger partial charge in [0.1, 0.15) is 12.1 Å². The van der Waals surface area contributed by atoms with E-state index >= 15 is 0 Å². The van der Waals surface area contributed by atoms with Gasteiger partial charge in [0.25, 0.3) is 5.91 Å². The Balaban J connectivity index is 2.08. The molecule has 0 aliphatic heterocycles. The van der Waals surface area contributed by atoms with Crippen molar-refractivity contribution in [1.82, 2.24) is 10.3 Å². The Kier molecular flexibility index (Phi) is 8.60. The lowest BCUT2D eigenvalue weighted by Crippen LogP contribution is -2.46. The van der Waals surface area contributed by atoms with E-state index in [0.29, 0.717) is 6.42 Å². The number of benzene rings is 1. The summed E-state index contributed by atoms with van der Waals surface area (Å²) in [5, 5.41) is 12.6. The second kappa shape index (κ2) is 10.9. The molecular weight excluding hydrogens is 412 g/mol. The van der Waals surface area contributed by atoms with Crippen LogP contribution in [0.2, 0.25) is 0 Å². The first-order valence-electron chi connectivity index (χ1n) is 10.4. The number of methoxy groups -OCH3 is 2. The number of hydrogen-bond acceptors (Lipinski definition) is 7. The minimum Gasteiger partial charge on any atom is -0.503 e. The van der Waals surface area contributed by atoms with Crippen molar-refractivity contribution in [3.8, 4) is 11.5 Å². The molecule has 0 saturated heterocycles. The van der Waals surface area contributed by atoms with Gasteiger partial charge in [-0.2, -0.15) is 0 Å². The van der Waals surface area contributed by atoms with Crippen LogP contribution >= 0.6 is 0 Å². The van der Waals surface area contributed by atoms with Gasteiger partial charge in [-0.25, -0.2) is 9.78 Å². The number of carbonyl (C=O) groups excluding carboxylic acids is 2. The first kappa shape index (κ1) is 25.1. The van der Waals surface area contributed by atoms with Crippen molar-refractivity contribution < 1.29 is 28.9 Å². The molecule has 0 radical (unpaired) electrons. The molecule has 0 aliphatic carbocycles. The zero-order chi connectivity index (χ0) is 23.9. The van der Waals surface area contributed by atoms with E-state index in [-0.39, 0.29) is 17.4 Å². The highest BCUT2D eigenvalue weighted by Crippen LogP contribution is 2.30. The molecule has 3 atom stereocenters. The van der Waals surface area contributed by atoms with Crippen LogP contribution in [0.3, 0.4) is 0 Å². The largest absolute Gasteiger partial charge is 0.503 e. The van der Waals surface area contributed by atoms with E-state index in [9.17, 15) is 14.7 Å². The van der Waals surface area contributed by atoms with Crippen LogP contribution in [0.5, 0.6) is 11.5 Å². The van der Waals surface area contributed by atoms with Gasteiger partial charge in [0, 0.05) is 25.3 Å². The van der Waals surface area contributed by atoms with Crippen LogP contribution in [0.1, 0.15) is 43.7 Å². The average molecular weight is 445 g/mol. The molecule has 1 heterocycles. The third kappa shape index (κ3) is 6.20. The van der Waals surface area contributed by atoms with Crippen molar-refractivity contribution in [2.75, 3.05) is 14.2 Å². The molecule has 0 aliphatic rings. The smallest absolute Gasteiger partial charge is 0.328 e.